The number of likely N-dealkylation sites (tertiary alicyclic amines) is 1. The molecule has 2 amide bonds. The van der Waals surface area contributed by atoms with Crippen LogP contribution in [-0.4, -0.2) is 36.4 Å². The number of hydrogen-bond acceptors (Lipinski definition) is 4. The number of nitrogens with zero attached hydrogens (tertiary/aromatic N) is 1. The Morgan fingerprint density at radius 3 is 2.50 bits per heavy atom. The number of aryl methyl sites for hydroxylation is 2. The first kappa shape index (κ1) is 20.0. The van der Waals surface area contributed by atoms with Gasteiger partial charge in [-0.1, -0.05) is 18.2 Å². The molecule has 1 aromatic carbocycles. The number of ether oxygens (including phenoxy) is 1. The number of piperidine rings is 1. The molecule has 1 atom stereocenters. The molecule has 0 spiro atoms. The zero-order chi connectivity index (χ0) is 20.1. The molecule has 0 aliphatic carbocycles. The van der Waals surface area contributed by atoms with E-state index in [9.17, 15) is 9.59 Å². The van der Waals surface area contributed by atoms with Crippen LogP contribution in [-0.2, 0) is 9.59 Å². The van der Waals surface area contributed by atoms with Crippen LogP contribution in [0, 0.1) is 19.8 Å². The smallest absolute Gasteiger partial charge is 0.260 e. The summed E-state index contributed by atoms with van der Waals surface area (Å²) < 4.78 is 11.1. The lowest BCUT2D eigenvalue weighted by molar-refractivity contribution is -0.137. The van der Waals surface area contributed by atoms with Crippen molar-refractivity contribution in [2.45, 2.75) is 39.7 Å². The Hall–Kier alpha value is -2.76. The molecular weight excluding hydrogens is 356 g/mol. The highest BCUT2D eigenvalue weighted by molar-refractivity contribution is 5.81. The largest absolute Gasteiger partial charge is 0.484 e. The van der Waals surface area contributed by atoms with Gasteiger partial charge in [-0.05, 0) is 51.8 Å². The molecule has 6 heteroatoms. The molecule has 0 saturated carbocycles. The standard InChI is InChI=1S/C22H28N2O4/c1-15-13-20(17(3)28-15)16(2)23-22(26)18-9-11-24(12-10-18)21(25)14-27-19-7-5-4-6-8-19/h4-8,13,16,18H,9-12,14H2,1-3H3,(H,23,26). The van der Waals surface area contributed by atoms with Crippen molar-refractivity contribution in [2.24, 2.45) is 5.92 Å². The number of furan rings is 1. The fraction of sp³-hybridized carbons (Fsp3) is 0.455. The van der Waals surface area contributed by atoms with Gasteiger partial charge in [-0.2, -0.15) is 0 Å². The zero-order valence-electron chi connectivity index (χ0n) is 16.7. The Morgan fingerprint density at radius 1 is 1.21 bits per heavy atom. The minimum absolute atomic E-state index is 0.0248. The van der Waals surface area contributed by atoms with Crippen molar-refractivity contribution in [3.05, 3.63) is 53.5 Å². The molecule has 28 heavy (non-hydrogen) atoms. The van der Waals surface area contributed by atoms with E-state index in [0.717, 1.165) is 17.1 Å². The first-order valence-corrected chi connectivity index (χ1v) is 9.77. The highest BCUT2D eigenvalue weighted by atomic mass is 16.5. The van der Waals surface area contributed by atoms with Crippen molar-refractivity contribution in [3.8, 4) is 5.75 Å². The number of carbonyl (C=O) groups is 2. The van der Waals surface area contributed by atoms with Crippen LogP contribution in [0.25, 0.3) is 0 Å². The predicted molar refractivity (Wildman–Crippen MR) is 106 cm³/mol. The van der Waals surface area contributed by atoms with Crippen molar-refractivity contribution in [2.75, 3.05) is 19.7 Å². The normalized spacial score (nSPS) is 15.9. The minimum Gasteiger partial charge on any atom is -0.484 e. The van der Waals surface area contributed by atoms with E-state index in [1.54, 1.807) is 4.90 Å². The maximum absolute atomic E-state index is 12.6. The fourth-order valence-corrected chi connectivity index (χ4v) is 3.63. The van der Waals surface area contributed by atoms with E-state index < -0.39 is 0 Å². The molecule has 6 nitrogen and oxygen atoms in total. The van der Waals surface area contributed by atoms with Gasteiger partial charge in [-0.15, -0.1) is 0 Å². The second-order valence-corrected chi connectivity index (χ2v) is 7.36. The van der Waals surface area contributed by atoms with Crippen molar-refractivity contribution in [3.63, 3.8) is 0 Å². The van der Waals surface area contributed by atoms with Gasteiger partial charge in [0.2, 0.25) is 5.91 Å². The third kappa shape index (κ3) is 4.94. The van der Waals surface area contributed by atoms with Crippen molar-refractivity contribution < 1.29 is 18.7 Å². The lowest BCUT2D eigenvalue weighted by Gasteiger charge is -2.31. The molecule has 1 aliphatic rings. The van der Waals surface area contributed by atoms with Gasteiger partial charge < -0.3 is 19.4 Å². The fourth-order valence-electron chi connectivity index (χ4n) is 3.63. The molecule has 0 radical (unpaired) electrons. The molecule has 3 rings (SSSR count). The van der Waals surface area contributed by atoms with Gasteiger partial charge in [0.1, 0.15) is 17.3 Å². The van der Waals surface area contributed by atoms with E-state index in [4.69, 9.17) is 9.15 Å². The second kappa shape index (κ2) is 8.95. The van der Waals surface area contributed by atoms with Crippen molar-refractivity contribution >= 4 is 11.8 Å². The van der Waals surface area contributed by atoms with Gasteiger partial charge in [0.15, 0.2) is 6.61 Å². The summed E-state index contributed by atoms with van der Waals surface area (Å²) in [5, 5.41) is 3.08. The van der Waals surface area contributed by atoms with Crippen LogP contribution in [0.3, 0.4) is 0 Å². The Labute approximate surface area is 165 Å². The number of nitrogens with one attached hydrogen (secondary N) is 1. The molecule has 1 saturated heterocycles. The van der Waals surface area contributed by atoms with E-state index in [0.29, 0.717) is 31.7 Å². The molecule has 150 valence electrons. The van der Waals surface area contributed by atoms with Gasteiger partial charge in [-0.3, -0.25) is 9.59 Å². The van der Waals surface area contributed by atoms with Gasteiger partial charge in [0, 0.05) is 24.6 Å². The van der Waals surface area contributed by atoms with Gasteiger partial charge >= 0.3 is 0 Å². The van der Waals surface area contributed by atoms with E-state index in [1.165, 1.54) is 0 Å². The molecule has 2 heterocycles. The lowest BCUT2D eigenvalue weighted by atomic mass is 9.95. The molecule has 2 aromatic rings. The first-order chi connectivity index (χ1) is 13.4. The van der Waals surface area contributed by atoms with E-state index in [1.807, 2.05) is 57.2 Å². The minimum atomic E-state index is -0.0936. The van der Waals surface area contributed by atoms with Gasteiger partial charge in [0.05, 0.1) is 6.04 Å². The number of carbonyl (C=O) groups excluding carboxylic acids is 2. The van der Waals surface area contributed by atoms with Crippen molar-refractivity contribution in [1.82, 2.24) is 10.2 Å². The number of para-hydroxylation sites is 1. The SMILES string of the molecule is Cc1cc(C(C)NC(=O)C2CCN(C(=O)COc3ccccc3)CC2)c(C)o1. The van der Waals surface area contributed by atoms with Gasteiger partial charge in [-0.25, -0.2) is 0 Å². The molecule has 1 fully saturated rings. The summed E-state index contributed by atoms with van der Waals surface area (Å²) in [5.74, 6) is 2.29. The van der Waals surface area contributed by atoms with E-state index in [-0.39, 0.29) is 30.4 Å². The van der Waals surface area contributed by atoms with Crippen LogP contribution in [0.4, 0.5) is 0 Å². The lowest BCUT2D eigenvalue weighted by Crippen LogP contribution is -2.44. The Bertz CT molecular complexity index is 807. The highest BCUT2D eigenvalue weighted by Crippen LogP contribution is 2.23. The summed E-state index contributed by atoms with van der Waals surface area (Å²) in [6.07, 6.45) is 1.33. The predicted octanol–water partition coefficient (Wildman–Crippen LogP) is 3.39. The third-order valence-corrected chi connectivity index (χ3v) is 5.23. The molecule has 1 aliphatic heterocycles. The molecule has 1 N–H and O–H groups in total. The summed E-state index contributed by atoms with van der Waals surface area (Å²) in [7, 11) is 0. The highest BCUT2D eigenvalue weighted by Gasteiger charge is 2.28. The number of amides is 2. The molecule has 1 unspecified atom stereocenters. The topological polar surface area (TPSA) is 71.8 Å². The summed E-state index contributed by atoms with van der Waals surface area (Å²) in [6, 6.07) is 11.2. The average Bonchev–Trinajstić information content (AvgIpc) is 3.05. The number of rotatable bonds is 6. The monoisotopic (exact) mass is 384 g/mol. The maximum atomic E-state index is 12.6. The van der Waals surface area contributed by atoms with Crippen LogP contribution in [0.15, 0.2) is 40.8 Å². The Kier molecular flexibility index (Phi) is 6.39. The van der Waals surface area contributed by atoms with Gasteiger partial charge in [0.25, 0.3) is 5.91 Å². The summed E-state index contributed by atoms with van der Waals surface area (Å²) >= 11 is 0. The zero-order valence-corrected chi connectivity index (χ0v) is 16.7. The van der Waals surface area contributed by atoms with Crippen LogP contribution in [0.1, 0.15) is 42.9 Å². The van der Waals surface area contributed by atoms with Crippen LogP contribution < -0.4 is 10.1 Å². The first-order valence-electron chi connectivity index (χ1n) is 9.77. The summed E-state index contributed by atoms with van der Waals surface area (Å²) in [5.41, 5.74) is 1.01. The number of benzene rings is 1. The Balaban J connectivity index is 1.44. The number of hydrogen-bond donors (Lipinski definition) is 1. The maximum Gasteiger partial charge on any atom is 0.260 e. The Morgan fingerprint density at radius 2 is 1.89 bits per heavy atom. The van der Waals surface area contributed by atoms with Crippen molar-refractivity contribution in [1.29, 1.82) is 0 Å². The quantitative estimate of drug-likeness (QED) is 0.829. The van der Waals surface area contributed by atoms with Crippen LogP contribution in [0.2, 0.25) is 0 Å². The average molecular weight is 384 g/mol. The molecule has 0 bridgehead atoms. The van der Waals surface area contributed by atoms with E-state index >= 15 is 0 Å². The van der Waals surface area contributed by atoms with E-state index in [2.05, 4.69) is 5.32 Å². The van der Waals surface area contributed by atoms with Crippen LogP contribution in [0.5, 0.6) is 5.75 Å². The molecule has 1 aromatic heterocycles. The second-order valence-electron chi connectivity index (χ2n) is 7.36. The third-order valence-electron chi connectivity index (χ3n) is 5.23. The summed E-state index contributed by atoms with van der Waals surface area (Å²) in [4.78, 5) is 26.7. The molecular formula is C22H28N2O4. The van der Waals surface area contributed by atoms with Crippen LogP contribution >= 0.6 is 0 Å². The summed E-state index contributed by atoms with van der Waals surface area (Å²) in [6.45, 7) is 6.96.